The van der Waals surface area contributed by atoms with Gasteiger partial charge in [0.05, 0.1) is 5.02 Å². The minimum Gasteiger partial charge on any atom is -0.488 e. The average molecular weight is 348 g/mol. The number of alkyl halides is 1. The number of benzene rings is 1. The maximum atomic E-state index is 13.0. The zero-order valence-electron chi connectivity index (χ0n) is 10.7. The van der Waals surface area contributed by atoms with E-state index in [1.165, 1.54) is 44.2 Å². The first-order valence-electron chi connectivity index (χ1n) is 6.87. The van der Waals surface area contributed by atoms with Crippen LogP contribution in [-0.4, -0.2) is 10.9 Å². The summed E-state index contributed by atoms with van der Waals surface area (Å²) in [6, 6.07) is 4.35. The summed E-state index contributed by atoms with van der Waals surface area (Å²) in [5, 5.41) is 0.365. The van der Waals surface area contributed by atoms with Crippen molar-refractivity contribution in [2.75, 3.05) is 0 Å². The van der Waals surface area contributed by atoms with Gasteiger partial charge >= 0.3 is 0 Å². The van der Waals surface area contributed by atoms with E-state index in [-0.39, 0.29) is 17.3 Å². The Labute approximate surface area is 126 Å². The highest BCUT2D eigenvalue weighted by atomic mass is 79.9. The summed E-state index contributed by atoms with van der Waals surface area (Å²) >= 11 is 9.83. The van der Waals surface area contributed by atoms with Gasteiger partial charge in [0.15, 0.2) is 0 Å². The van der Waals surface area contributed by atoms with Crippen molar-refractivity contribution in [1.82, 2.24) is 0 Å². The average Bonchev–Trinajstić information content (AvgIpc) is 2.42. The highest BCUT2D eigenvalue weighted by Gasteiger charge is 2.55. The number of hydrogen-bond acceptors (Lipinski definition) is 1. The Balaban J connectivity index is 1.76. The lowest BCUT2D eigenvalue weighted by Crippen LogP contribution is -2.57. The van der Waals surface area contributed by atoms with Crippen LogP contribution in [-0.2, 0) is 0 Å². The van der Waals surface area contributed by atoms with Gasteiger partial charge in [0.2, 0.25) is 0 Å². The van der Waals surface area contributed by atoms with Gasteiger partial charge in [-0.1, -0.05) is 46.8 Å². The van der Waals surface area contributed by atoms with Crippen LogP contribution in [0.2, 0.25) is 5.02 Å². The minimum absolute atomic E-state index is 0.208. The molecule has 1 aromatic carbocycles. The molecule has 4 heteroatoms. The molecule has 2 aliphatic rings. The van der Waals surface area contributed by atoms with E-state index in [2.05, 4.69) is 15.9 Å². The summed E-state index contributed by atoms with van der Waals surface area (Å²) in [5.41, 5.74) is 0.260. The van der Waals surface area contributed by atoms with Crippen LogP contribution in [0.4, 0.5) is 4.39 Å². The summed E-state index contributed by atoms with van der Waals surface area (Å²) in [5.74, 6) is 0.286. The molecule has 0 heterocycles. The normalized spacial score (nSPS) is 29.0. The Morgan fingerprint density at radius 2 is 2.00 bits per heavy atom. The predicted octanol–water partition coefficient (Wildman–Crippen LogP) is 5.34. The molecule has 2 saturated carbocycles. The van der Waals surface area contributed by atoms with Crippen molar-refractivity contribution in [2.24, 2.45) is 5.41 Å². The molecule has 0 N–H and O–H groups in total. The zero-order chi connectivity index (χ0) is 13.5. The molecule has 104 valence electrons. The Morgan fingerprint density at radius 1 is 1.26 bits per heavy atom. The van der Waals surface area contributed by atoms with Gasteiger partial charge in [-0.15, -0.1) is 0 Å². The molecule has 2 unspecified atom stereocenters. The van der Waals surface area contributed by atoms with Gasteiger partial charge < -0.3 is 4.74 Å². The van der Waals surface area contributed by atoms with Crippen molar-refractivity contribution in [2.45, 2.75) is 49.5 Å². The number of ether oxygens (including phenoxy) is 1. The molecule has 0 aliphatic heterocycles. The maximum absolute atomic E-state index is 13.0. The third-order valence-corrected chi connectivity index (χ3v) is 6.21. The fraction of sp³-hybridized carbons (Fsp3) is 0.600. The van der Waals surface area contributed by atoms with Gasteiger partial charge in [-0.3, -0.25) is 0 Å². The second-order valence-electron chi connectivity index (χ2n) is 5.68. The maximum Gasteiger partial charge on any atom is 0.138 e. The van der Waals surface area contributed by atoms with E-state index < -0.39 is 0 Å². The van der Waals surface area contributed by atoms with E-state index in [9.17, 15) is 4.39 Å². The number of halogens is 3. The van der Waals surface area contributed by atoms with E-state index in [0.29, 0.717) is 15.6 Å². The van der Waals surface area contributed by atoms with Crippen LogP contribution >= 0.6 is 27.5 Å². The third kappa shape index (κ3) is 2.40. The van der Waals surface area contributed by atoms with Crippen molar-refractivity contribution in [1.29, 1.82) is 0 Å². The molecule has 1 nitrogen and oxygen atoms in total. The van der Waals surface area contributed by atoms with Crippen molar-refractivity contribution in [3.63, 3.8) is 0 Å². The van der Waals surface area contributed by atoms with Gasteiger partial charge in [0, 0.05) is 10.2 Å². The van der Waals surface area contributed by atoms with Crippen LogP contribution in [0.15, 0.2) is 18.2 Å². The predicted molar refractivity (Wildman–Crippen MR) is 78.7 cm³/mol. The molecule has 2 fully saturated rings. The minimum atomic E-state index is -0.322. The van der Waals surface area contributed by atoms with Gasteiger partial charge in [-0.05, 0) is 37.5 Å². The van der Waals surface area contributed by atoms with E-state index >= 15 is 0 Å². The van der Waals surface area contributed by atoms with E-state index in [0.717, 1.165) is 6.42 Å². The zero-order valence-corrected chi connectivity index (χ0v) is 13.0. The van der Waals surface area contributed by atoms with Gasteiger partial charge in [-0.2, -0.15) is 0 Å². The second kappa shape index (κ2) is 5.25. The molecule has 1 spiro atoms. The molecule has 2 atom stereocenters. The van der Waals surface area contributed by atoms with Crippen molar-refractivity contribution < 1.29 is 9.13 Å². The fourth-order valence-electron chi connectivity index (χ4n) is 3.43. The third-order valence-electron chi connectivity index (χ3n) is 4.63. The Morgan fingerprint density at radius 3 is 2.63 bits per heavy atom. The largest absolute Gasteiger partial charge is 0.488 e. The van der Waals surface area contributed by atoms with Gasteiger partial charge in [0.1, 0.15) is 17.7 Å². The summed E-state index contributed by atoms with van der Waals surface area (Å²) in [4.78, 5) is 0.546. The summed E-state index contributed by atoms with van der Waals surface area (Å²) < 4.78 is 19.1. The van der Waals surface area contributed by atoms with Crippen LogP contribution in [0.25, 0.3) is 0 Å². The van der Waals surface area contributed by atoms with Gasteiger partial charge in [-0.25, -0.2) is 4.39 Å². The van der Waals surface area contributed by atoms with Gasteiger partial charge in [0.25, 0.3) is 0 Å². The van der Waals surface area contributed by atoms with Crippen molar-refractivity contribution in [3.8, 4) is 5.75 Å². The van der Waals surface area contributed by atoms with Crippen LogP contribution in [0.3, 0.4) is 0 Å². The van der Waals surface area contributed by atoms with Crippen LogP contribution in [0.5, 0.6) is 5.75 Å². The molecule has 0 saturated heterocycles. The lowest BCUT2D eigenvalue weighted by molar-refractivity contribution is -0.0601. The molecular formula is C15H17BrClFO. The monoisotopic (exact) mass is 346 g/mol. The standard InChI is InChI=1S/C15H17BrClFO/c16-13-9-14(15(13)6-2-1-3-7-15)19-12-5-4-10(18)8-11(12)17/h4-5,8,13-14H,1-3,6-7,9H2. The molecule has 0 amide bonds. The molecular weight excluding hydrogens is 331 g/mol. The summed E-state index contributed by atoms with van der Waals surface area (Å²) in [7, 11) is 0. The molecule has 2 aliphatic carbocycles. The van der Waals surface area contributed by atoms with E-state index in [4.69, 9.17) is 16.3 Å². The lowest BCUT2D eigenvalue weighted by atomic mass is 9.58. The summed E-state index contributed by atoms with van der Waals surface area (Å²) in [6.07, 6.45) is 7.52. The second-order valence-corrected chi connectivity index (χ2v) is 7.19. The Kier molecular flexibility index (Phi) is 3.78. The van der Waals surface area contributed by atoms with Crippen LogP contribution in [0, 0.1) is 11.2 Å². The SMILES string of the molecule is Fc1ccc(OC2CC(Br)C23CCCCC3)c(Cl)c1. The molecule has 3 rings (SSSR count). The van der Waals surface area contributed by atoms with Crippen molar-refractivity contribution >= 4 is 27.5 Å². The highest BCUT2D eigenvalue weighted by molar-refractivity contribution is 9.09. The lowest BCUT2D eigenvalue weighted by Gasteiger charge is -2.55. The molecule has 1 aromatic rings. The molecule has 0 radical (unpaired) electrons. The van der Waals surface area contributed by atoms with E-state index in [1.54, 1.807) is 6.07 Å². The first-order valence-corrected chi connectivity index (χ1v) is 8.17. The molecule has 0 aromatic heterocycles. The van der Waals surface area contributed by atoms with Crippen LogP contribution < -0.4 is 4.74 Å². The molecule has 0 bridgehead atoms. The smallest absolute Gasteiger partial charge is 0.138 e. The topological polar surface area (TPSA) is 9.23 Å². The Bertz CT molecular complexity index is 473. The van der Waals surface area contributed by atoms with E-state index in [1.807, 2.05) is 0 Å². The number of hydrogen-bond donors (Lipinski definition) is 0. The Hall–Kier alpha value is -0.280. The molecule has 19 heavy (non-hydrogen) atoms. The first kappa shape index (κ1) is 13.7. The fourth-order valence-corrected chi connectivity index (χ4v) is 4.74. The van der Waals surface area contributed by atoms with Crippen LogP contribution in [0.1, 0.15) is 38.5 Å². The summed E-state index contributed by atoms with van der Waals surface area (Å²) in [6.45, 7) is 0. The highest BCUT2D eigenvalue weighted by Crippen LogP contribution is 2.56. The number of rotatable bonds is 2. The first-order chi connectivity index (χ1) is 9.12. The van der Waals surface area contributed by atoms with Crippen molar-refractivity contribution in [3.05, 3.63) is 29.0 Å². The quantitative estimate of drug-likeness (QED) is 0.656.